The lowest BCUT2D eigenvalue weighted by Gasteiger charge is -2.24. The number of para-hydroxylation sites is 1. The number of nitrogens with one attached hydrogen (secondary N) is 2. The van der Waals surface area contributed by atoms with Gasteiger partial charge in [0.15, 0.2) is 0 Å². The molecule has 0 radical (unpaired) electrons. The van der Waals surface area contributed by atoms with Crippen molar-refractivity contribution in [2.75, 3.05) is 11.9 Å². The van der Waals surface area contributed by atoms with E-state index in [4.69, 9.17) is 5.11 Å². The highest BCUT2D eigenvalue weighted by Gasteiger charge is 2.27. The average Bonchev–Trinajstić information content (AvgIpc) is 2.87. The van der Waals surface area contributed by atoms with E-state index in [1.807, 2.05) is 30.3 Å². The van der Waals surface area contributed by atoms with Crippen molar-refractivity contribution in [3.05, 3.63) is 48.3 Å². The molecule has 6 nitrogen and oxygen atoms in total. The van der Waals surface area contributed by atoms with Crippen molar-refractivity contribution in [3.63, 3.8) is 0 Å². The molecule has 1 amide bonds. The average molecular weight is 285 g/mol. The molecule has 1 atom stereocenters. The van der Waals surface area contributed by atoms with E-state index in [2.05, 4.69) is 10.6 Å². The molecule has 3 rings (SSSR count). The zero-order valence-corrected chi connectivity index (χ0v) is 11.2. The Morgan fingerprint density at radius 3 is 2.81 bits per heavy atom. The minimum Gasteiger partial charge on any atom is -0.481 e. The van der Waals surface area contributed by atoms with Crippen molar-refractivity contribution in [2.24, 2.45) is 0 Å². The summed E-state index contributed by atoms with van der Waals surface area (Å²) in [7, 11) is 0. The summed E-state index contributed by atoms with van der Waals surface area (Å²) in [6.07, 6.45) is 1.77. The number of carbonyl (C=O) groups excluding carboxylic acids is 1. The largest absolute Gasteiger partial charge is 0.481 e. The van der Waals surface area contributed by atoms with Crippen LogP contribution in [0.3, 0.4) is 0 Å². The summed E-state index contributed by atoms with van der Waals surface area (Å²) < 4.78 is 1.73. The third kappa shape index (κ3) is 2.74. The highest BCUT2D eigenvalue weighted by Crippen LogP contribution is 2.26. The molecule has 1 aliphatic heterocycles. The maximum absolute atomic E-state index is 11.9. The van der Waals surface area contributed by atoms with Crippen LogP contribution >= 0.6 is 0 Å². The second-order valence-corrected chi connectivity index (χ2v) is 4.97. The molecule has 0 aliphatic carbocycles. The van der Waals surface area contributed by atoms with Crippen LogP contribution in [0.25, 0.3) is 0 Å². The van der Waals surface area contributed by atoms with Gasteiger partial charge in [-0.3, -0.25) is 9.59 Å². The monoisotopic (exact) mass is 285 g/mol. The van der Waals surface area contributed by atoms with E-state index in [0.29, 0.717) is 12.2 Å². The number of carboxylic acid groups (broad SMARTS) is 1. The van der Waals surface area contributed by atoms with Crippen molar-refractivity contribution >= 4 is 23.3 Å². The van der Waals surface area contributed by atoms with E-state index in [1.54, 1.807) is 16.8 Å². The molecule has 6 heteroatoms. The van der Waals surface area contributed by atoms with Crippen molar-refractivity contribution in [1.29, 1.82) is 0 Å². The lowest BCUT2D eigenvalue weighted by molar-refractivity contribution is -0.137. The summed E-state index contributed by atoms with van der Waals surface area (Å²) in [5.41, 5.74) is 2.16. The molecule has 3 N–H and O–H groups in total. The van der Waals surface area contributed by atoms with Gasteiger partial charge in [-0.25, -0.2) is 0 Å². The van der Waals surface area contributed by atoms with Crippen LogP contribution in [0.4, 0.5) is 11.4 Å². The smallest absolute Gasteiger partial charge is 0.305 e. The molecule has 1 aliphatic rings. The molecular formula is C15H15N3O3. The SMILES string of the molecule is O=C(O)CC1CNC(=O)c2cc(Nc3ccccc3)cn21. The molecule has 0 fully saturated rings. The summed E-state index contributed by atoms with van der Waals surface area (Å²) in [6.45, 7) is 0.331. The summed E-state index contributed by atoms with van der Waals surface area (Å²) in [5.74, 6) is -1.06. The van der Waals surface area contributed by atoms with Crippen molar-refractivity contribution in [2.45, 2.75) is 12.5 Å². The number of rotatable bonds is 4. The Kier molecular flexibility index (Phi) is 3.35. The van der Waals surface area contributed by atoms with Gasteiger partial charge >= 0.3 is 5.97 Å². The third-order valence-electron chi connectivity index (χ3n) is 3.45. The van der Waals surface area contributed by atoms with Crippen LogP contribution < -0.4 is 10.6 Å². The first-order chi connectivity index (χ1) is 10.1. The number of carboxylic acids is 1. The van der Waals surface area contributed by atoms with Crippen LogP contribution in [0.5, 0.6) is 0 Å². The van der Waals surface area contributed by atoms with Crippen LogP contribution in [0.2, 0.25) is 0 Å². The van der Waals surface area contributed by atoms with Crippen molar-refractivity contribution in [3.8, 4) is 0 Å². The number of anilines is 2. The molecule has 21 heavy (non-hydrogen) atoms. The van der Waals surface area contributed by atoms with Crippen molar-refractivity contribution < 1.29 is 14.7 Å². The number of carbonyl (C=O) groups is 2. The standard InChI is InChI=1S/C15H15N3O3/c19-14(20)7-12-8-16-15(21)13-6-11(9-18(12)13)17-10-4-2-1-3-5-10/h1-6,9,12,17H,7-8H2,(H,16,21)(H,19,20). The van der Waals surface area contributed by atoms with Gasteiger partial charge in [-0.15, -0.1) is 0 Å². The number of aliphatic carboxylic acids is 1. The van der Waals surface area contributed by atoms with Gasteiger partial charge in [0, 0.05) is 18.4 Å². The molecule has 108 valence electrons. The van der Waals surface area contributed by atoms with Crippen molar-refractivity contribution in [1.82, 2.24) is 9.88 Å². The predicted molar refractivity (Wildman–Crippen MR) is 77.8 cm³/mol. The van der Waals surface area contributed by atoms with Gasteiger partial charge in [-0.2, -0.15) is 0 Å². The fourth-order valence-corrected chi connectivity index (χ4v) is 2.49. The molecule has 0 spiro atoms. The second-order valence-electron chi connectivity index (χ2n) is 4.97. The molecule has 0 saturated carbocycles. The Bertz CT molecular complexity index is 679. The lowest BCUT2D eigenvalue weighted by atomic mass is 10.1. The summed E-state index contributed by atoms with van der Waals surface area (Å²) in [5, 5.41) is 14.9. The fourth-order valence-electron chi connectivity index (χ4n) is 2.49. The van der Waals surface area contributed by atoms with Gasteiger partial charge in [0.05, 0.1) is 18.2 Å². The van der Waals surface area contributed by atoms with Gasteiger partial charge in [0.2, 0.25) is 0 Å². The Hall–Kier alpha value is -2.76. The summed E-state index contributed by atoms with van der Waals surface area (Å²) >= 11 is 0. The van der Waals surface area contributed by atoms with E-state index in [1.165, 1.54) is 0 Å². The van der Waals surface area contributed by atoms with Crippen LogP contribution in [0, 0.1) is 0 Å². The van der Waals surface area contributed by atoms with Crippen LogP contribution in [-0.4, -0.2) is 28.1 Å². The highest BCUT2D eigenvalue weighted by atomic mass is 16.4. The maximum Gasteiger partial charge on any atom is 0.305 e. The topological polar surface area (TPSA) is 83.4 Å². The Morgan fingerprint density at radius 2 is 2.10 bits per heavy atom. The van der Waals surface area contributed by atoms with Gasteiger partial charge in [-0.05, 0) is 18.2 Å². The van der Waals surface area contributed by atoms with Crippen LogP contribution in [-0.2, 0) is 4.79 Å². The van der Waals surface area contributed by atoms with Gasteiger partial charge in [0.1, 0.15) is 5.69 Å². The summed E-state index contributed by atoms with van der Waals surface area (Å²) in [6, 6.07) is 11.1. The van der Waals surface area contributed by atoms with Gasteiger partial charge in [0.25, 0.3) is 5.91 Å². The van der Waals surface area contributed by atoms with E-state index in [9.17, 15) is 9.59 Å². The number of hydrogen-bond donors (Lipinski definition) is 3. The number of amides is 1. The Labute approximate surface area is 121 Å². The number of benzene rings is 1. The highest BCUT2D eigenvalue weighted by molar-refractivity contribution is 5.95. The van der Waals surface area contributed by atoms with Gasteiger partial charge in [-0.1, -0.05) is 18.2 Å². The van der Waals surface area contributed by atoms with Crippen LogP contribution in [0.15, 0.2) is 42.6 Å². The minimum absolute atomic E-state index is 0.0211. The van der Waals surface area contributed by atoms with Gasteiger partial charge < -0.3 is 20.3 Å². The molecule has 0 saturated heterocycles. The van der Waals surface area contributed by atoms with E-state index in [-0.39, 0.29) is 18.4 Å². The quantitative estimate of drug-likeness (QED) is 0.802. The molecule has 0 bridgehead atoms. The first-order valence-corrected chi connectivity index (χ1v) is 6.67. The zero-order chi connectivity index (χ0) is 14.8. The third-order valence-corrected chi connectivity index (χ3v) is 3.45. The minimum atomic E-state index is -0.881. The van der Waals surface area contributed by atoms with Crippen LogP contribution in [0.1, 0.15) is 23.0 Å². The lowest BCUT2D eigenvalue weighted by Crippen LogP contribution is -2.39. The second kappa shape index (κ2) is 5.32. The number of fused-ring (bicyclic) bond motifs is 1. The molecule has 1 aromatic carbocycles. The maximum atomic E-state index is 11.9. The first-order valence-electron chi connectivity index (χ1n) is 6.67. The summed E-state index contributed by atoms with van der Waals surface area (Å²) in [4.78, 5) is 22.8. The molecule has 1 unspecified atom stereocenters. The molecule has 1 aromatic heterocycles. The predicted octanol–water partition coefficient (Wildman–Crippen LogP) is 1.99. The first kappa shape index (κ1) is 13.2. The molecule has 2 aromatic rings. The molecule has 2 heterocycles. The fraction of sp³-hybridized carbons (Fsp3) is 0.200. The number of hydrogen-bond acceptors (Lipinski definition) is 3. The normalized spacial score (nSPS) is 17.0. The van der Waals surface area contributed by atoms with E-state index in [0.717, 1.165) is 11.4 Å². The van der Waals surface area contributed by atoms with E-state index < -0.39 is 5.97 Å². The zero-order valence-electron chi connectivity index (χ0n) is 11.2. The molecular weight excluding hydrogens is 270 g/mol. The Balaban J connectivity index is 1.89. The Morgan fingerprint density at radius 1 is 1.33 bits per heavy atom. The van der Waals surface area contributed by atoms with E-state index >= 15 is 0 Å². The number of aromatic nitrogens is 1. The number of nitrogens with zero attached hydrogens (tertiary/aromatic N) is 1.